The maximum atomic E-state index is 12.8. The Morgan fingerprint density at radius 1 is 1.09 bits per heavy atom. The van der Waals surface area contributed by atoms with E-state index < -0.39 is 5.69 Å². The van der Waals surface area contributed by atoms with Crippen LogP contribution >= 0.6 is 0 Å². The van der Waals surface area contributed by atoms with Crippen molar-refractivity contribution in [1.29, 1.82) is 0 Å². The van der Waals surface area contributed by atoms with Crippen molar-refractivity contribution in [3.8, 4) is 28.6 Å². The van der Waals surface area contributed by atoms with Crippen LogP contribution in [-0.2, 0) is 17.9 Å². The van der Waals surface area contributed by atoms with Crippen molar-refractivity contribution in [3.05, 3.63) is 89.0 Å². The molecule has 0 aliphatic heterocycles. The lowest BCUT2D eigenvalue weighted by molar-refractivity contribution is -0.122. The van der Waals surface area contributed by atoms with Gasteiger partial charge in [-0.15, -0.1) is 5.10 Å². The van der Waals surface area contributed by atoms with E-state index in [0.29, 0.717) is 29.3 Å². The molecule has 0 saturated heterocycles. The zero-order chi connectivity index (χ0) is 23.5. The molecule has 0 aliphatic rings. The molecule has 3 aromatic heterocycles. The van der Waals surface area contributed by atoms with Crippen LogP contribution < -0.4 is 15.7 Å². The van der Waals surface area contributed by atoms with Gasteiger partial charge in [0.25, 0.3) is 5.89 Å². The van der Waals surface area contributed by atoms with E-state index in [2.05, 4.69) is 20.6 Å². The van der Waals surface area contributed by atoms with Crippen LogP contribution in [-0.4, -0.2) is 37.3 Å². The molecule has 0 aliphatic carbocycles. The molecule has 0 bridgehead atoms. The molecule has 3 heterocycles. The molecule has 34 heavy (non-hydrogen) atoms. The normalized spacial score (nSPS) is 11.0. The molecule has 2 aromatic carbocycles. The number of hydrogen-bond donors (Lipinski definition) is 1. The number of nitrogens with one attached hydrogen (secondary N) is 1. The second-order valence-electron chi connectivity index (χ2n) is 7.47. The molecule has 10 heteroatoms. The predicted molar refractivity (Wildman–Crippen MR) is 123 cm³/mol. The summed E-state index contributed by atoms with van der Waals surface area (Å²) in [6.07, 6.45) is 1.58. The highest BCUT2D eigenvalue weighted by Gasteiger charge is 2.18. The van der Waals surface area contributed by atoms with Crippen LogP contribution in [0.3, 0.4) is 0 Å². The Labute approximate surface area is 193 Å². The standard InChI is InChI=1S/C24H20N6O4/c1-33-18-10-5-7-16(13-18)14-25-20(31)15-30-24(32)29-12-6-11-19(22(29)27-30)23-26-21(28-34-23)17-8-3-2-4-9-17/h2-13H,14-15H2,1H3,(H,25,31). The van der Waals surface area contributed by atoms with Crippen molar-refractivity contribution >= 4 is 11.6 Å². The highest BCUT2D eigenvalue weighted by Crippen LogP contribution is 2.24. The Bertz CT molecular complexity index is 1520. The number of hydrogen-bond acceptors (Lipinski definition) is 7. The molecule has 170 valence electrons. The molecule has 0 unspecified atom stereocenters. The van der Waals surface area contributed by atoms with Crippen LogP contribution in [0.15, 0.2) is 82.2 Å². The minimum Gasteiger partial charge on any atom is -0.497 e. The number of carbonyl (C=O) groups is 1. The Morgan fingerprint density at radius 2 is 1.94 bits per heavy atom. The third kappa shape index (κ3) is 4.16. The SMILES string of the molecule is COc1cccc(CNC(=O)Cn2nc3c(-c4nc(-c5ccccc5)no4)cccn3c2=O)c1. The summed E-state index contributed by atoms with van der Waals surface area (Å²) in [4.78, 5) is 29.8. The van der Waals surface area contributed by atoms with Crippen molar-refractivity contribution in [2.45, 2.75) is 13.1 Å². The number of ether oxygens (including phenoxy) is 1. The number of pyridine rings is 1. The monoisotopic (exact) mass is 456 g/mol. The van der Waals surface area contributed by atoms with Gasteiger partial charge in [-0.1, -0.05) is 47.6 Å². The molecular formula is C24H20N6O4. The first-order valence-corrected chi connectivity index (χ1v) is 10.5. The number of benzene rings is 2. The molecule has 0 spiro atoms. The molecule has 0 fully saturated rings. The number of amides is 1. The average Bonchev–Trinajstić information content (AvgIpc) is 3.49. The van der Waals surface area contributed by atoms with E-state index in [1.165, 1.54) is 4.40 Å². The first-order chi connectivity index (χ1) is 16.6. The van der Waals surface area contributed by atoms with Crippen molar-refractivity contribution in [2.75, 3.05) is 7.11 Å². The van der Waals surface area contributed by atoms with Crippen molar-refractivity contribution < 1.29 is 14.1 Å². The lowest BCUT2D eigenvalue weighted by atomic mass is 10.2. The van der Waals surface area contributed by atoms with Crippen molar-refractivity contribution in [3.63, 3.8) is 0 Å². The second kappa shape index (κ2) is 9.02. The van der Waals surface area contributed by atoms with Crippen molar-refractivity contribution in [2.24, 2.45) is 0 Å². The summed E-state index contributed by atoms with van der Waals surface area (Å²) in [5.74, 6) is 1.01. The fourth-order valence-electron chi connectivity index (χ4n) is 3.52. The number of methoxy groups -OCH3 is 1. The van der Waals surface area contributed by atoms with E-state index in [4.69, 9.17) is 9.26 Å². The van der Waals surface area contributed by atoms with Crippen LogP contribution in [0.5, 0.6) is 5.75 Å². The molecule has 5 rings (SSSR count). The Morgan fingerprint density at radius 3 is 2.76 bits per heavy atom. The minimum atomic E-state index is -0.448. The van der Waals surface area contributed by atoms with Gasteiger partial charge in [0.15, 0.2) is 5.65 Å². The summed E-state index contributed by atoms with van der Waals surface area (Å²) >= 11 is 0. The minimum absolute atomic E-state index is 0.226. The molecule has 0 atom stereocenters. The number of aromatic nitrogens is 5. The van der Waals surface area contributed by atoms with Gasteiger partial charge in [0.05, 0.1) is 12.7 Å². The van der Waals surface area contributed by atoms with E-state index in [1.807, 2.05) is 54.6 Å². The molecule has 1 N–H and O–H groups in total. The van der Waals surface area contributed by atoms with E-state index in [1.54, 1.807) is 25.4 Å². The number of fused-ring (bicyclic) bond motifs is 1. The number of nitrogens with zero attached hydrogens (tertiary/aromatic N) is 5. The molecule has 0 saturated carbocycles. The van der Waals surface area contributed by atoms with Crippen LogP contribution in [0, 0.1) is 0 Å². The summed E-state index contributed by atoms with van der Waals surface area (Å²) in [6.45, 7) is 0.0661. The maximum absolute atomic E-state index is 12.8. The topological polar surface area (TPSA) is 117 Å². The van der Waals surface area contributed by atoms with Crippen LogP contribution in [0.4, 0.5) is 0 Å². The van der Waals surface area contributed by atoms with Gasteiger partial charge in [-0.3, -0.25) is 4.79 Å². The lowest BCUT2D eigenvalue weighted by Crippen LogP contribution is -2.32. The number of carbonyl (C=O) groups excluding carboxylic acids is 1. The van der Waals surface area contributed by atoms with Gasteiger partial charge in [-0.2, -0.15) is 4.98 Å². The first-order valence-electron chi connectivity index (χ1n) is 10.5. The smallest absolute Gasteiger partial charge is 0.350 e. The molecule has 5 aromatic rings. The summed E-state index contributed by atoms with van der Waals surface area (Å²) in [5.41, 5.74) is 2.04. The highest BCUT2D eigenvalue weighted by molar-refractivity contribution is 5.76. The van der Waals surface area contributed by atoms with Crippen LogP contribution in [0.25, 0.3) is 28.5 Å². The van der Waals surface area contributed by atoms with Gasteiger partial charge >= 0.3 is 5.69 Å². The molecule has 1 amide bonds. The van der Waals surface area contributed by atoms with Crippen LogP contribution in [0.2, 0.25) is 0 Å². The summed E-state index contributed by atoms with van der Waals surface area (Å²) in [7, 11) is 1.58. The van der Waals surface area contributed by atoms with E-state index >= 15 is 0 Å². The van der Waals surface area contributed by atoms with Gasteiger partial charge in [-0.25, -0.2) is 13.9 Å². The van der Waals surface area contributed by atoms with Crippen LogP contribution in [0.1, 0.15) is 5.56 Å². The lowest BCUT2D eigenvalue weighted by Gasteiger charge is -2.06. The number of rotatable bonds is 7. The molecular weight excluding hydrogens is 436 g/mol. The van der Waals surface area contributed by atoms with Gasteiger partial charge in [-0.05, 0) is 29.8 Å². The largest absolute Gasteiger partial charge is 0.497 e. The fourth-order valence-corrected chi connectivity index (χ4v) is 3.52. The summed E-state index contributed by atoms with van der Waals surface area (Å²) in [5, 5.41) is 11.2. The maximum Gasteiger partial charge on any atom is 0.350 e. The zero-order valence-corrected chi connectivity index (χ0v) is 18.2. The van der Waals surface area contributed by atoms with E-state index in [0.717, 1.165) is 15.8 Å². The third-order valence-electron chi connectivity index (χ3n) is 5.22. The predicted octanol–water partition coefficient (Wildman–Crippen LogP) is 2.54. The Kier molecular flexibility index (Phi) is 5.61. The van der Waals surface area contributed by atoms with Crippen molar-refractivity contribution in [1.82, 2.24) is 29.6 Å². The zero-order valence-electron chi connectivity index (χ0n) is 18.2. The van der Waals surface area contributed by atoms with Gasteiger partial charge in [0, 0.05) is 18.3 Å². The fraction of sp³-hybridized carbons (Fsp3) is 0.125. The highest BCUT2D eigenvalue weighted by atomic mass is 16.5. The Hall–Kier alpha value is -4.73. The summed E-state index contributed by atoms with van der Waals surface area (Å²) < 4.78 is 13.1. The second-order valence-corrected chi connectivity index (χ2v) is 7.47. The average molecular weight is 456 g/mol. The quantitative estimate of drug-likeness (QED) is 0.400. The van der Waals surface area contributed by atoms with Gasteiger partial charge < -0.3 is 14.6 Å². The third-order valence-corrected chi connectivity index (χ3v) is 5.22. The van der Waals surface area contributed by atoms with Gasteiger partial charge in [0.1, 0.15) is 12.3 Å². The Balaban J connectivity index is 1.37. The van der Waals surface area contributed by atoms with E-state index in [9.17, 15) is 9.59 Å². The molecule has 0 radical (unpaired) electrons. The first kappa shape index (κ1) is 21.1. The van der Waals surface area contributed by atoms with E-state index in [-0.39, 0.29) is 18.3 Å². The van der Waals surface area contributed by atoms with Gasteiger partial charge in [0.2, 0.25) is 11.7 Å². The summed E-state index contributed by atoms with van der Waals surface area (Å²) in [6, 6.07) is 20.2. The molecule has 10 nitrogen and oxygen atoms in total.